The molecule has 2 aliphatic carbocycles. The molecule has 24 heavy (non-hydrogen) atoms. The molecule has 0 saturated heterocycles. The van der Waals surface area contributed by atoms with Gasteiger partial charge in [0, 0.05) is 5.41 Å². The summed E-state index contributed by atoms with van der Waals surface area (Å²) in [5, 5.41) is 19.0. The number of ether oxygens (including phenoxy) is 1. The molecule has 1 unspecified atom stereocenters. The highest BCUT2D eigenvalue weighted by molar-refractivity contribution is 5.68. The summed E-state index contributed by atoms with van der Waals surface area (Å²) in [6.45, 7) is 1.09. The van der Waals surface area contributed by atoms with E-state index in [1.54, 1.807) is 0 Å². The molecule has 0 aliphatic heterocycles. The van der Waals surface area contributed by atoms with E-state index in [0.717, 1.165) is 77.0 Å². The van der Waals surface area contributed by atoms with Crippen molar-refractivity contribution in [3.8, 4) is 0 Å². The normalized spacial score (nSPS) is 21.0. The van der Waals surface area contributed by atoms with Gasteiger partial charge in [0.1, 0.15) is 0 Å². The standard InChI is InChI=1S/C19H32O5/c20-15-24-14-19(11-12-19)8-4-2-6-16(21)5-1-3-7-18(9-10-18)13-17(22)23/h15-16,21H,1-14H2,(H,22,23). The number of aliphatic carboxylic acids is 1. The molecule has 2 aliphatic rings. The Morgan fingerprint density at radius 1 is 1.00 bits per heavy atom. The smallest absolute Gasteiger partial charge is 0.303 e. The van der Waals surface area contributed by atoms with E-state index in [1.807, 2.05) is 0 Å². The predicted octanol–water partition coefficient (Wildman–Crippen LogP) is 3.68. The molecule has 2 N–H and O–H groups in total. The molecule has 1 atom stereocenters. The molecule has 2 fully saturated rings. The van der Waals surface area contributed by atoms with Crippen molar-refractivity contribution in [3.05, 3.63) is 0 Å². The van der Waals surface area contributed by atoms with Crippen LogP contribution in [0.25, 0.3) is 0 Å². The third-order valence-electron chi connectivity index (χ3n) is 5.89. The van der Waals surface area contributed by atoms with Gasteiger partial charge >= 0.3 is 5.97 Å². The average molecular weight is 340 g/mol. The molecule has 5 heteroatoms. The Hall–Kier alpha value is -1.10. The molecular formula is C19H32O5. The second-order valence-electron chi connectivity index (χ2n) is 8.12. The molecule has 0 aromatic carbocycles. The summed E-state index contributed by atoms with van der Waals surface area (Å²) in [5.74, 6) is -0.681. The van der Waals surface area contributed by atoms with Crippen LogP contribution in [-0.2, 0) is 14.3 Å². The van der Waals surface area contributed by atoms with E-state index in [1.165, 1.54) is 0 Å². The van der Waals surface area contributed by atoms with Crippen LogP contribution in [0.3, 0.4) is 0 Å². The number of carboxylic acid groups (broad SMARTS) is 1. The summed E-state index contributed by atoms with van der Waals surface area (Å²) in [5.41, 5.74) is 0.327. The van der Waals surface area contributed by atoms with Gasteiger partial charge in [0.25, 0.3) is 6.47 Å². The number of aliphatic hydroxyl groups excluding tert-OH is 1. The average Bonchev–Trinajstić information content (AvgIpc) is 3.45. The zero-order valence-electron chi connectivity index (χ0n) is 14.7. The van der Waals surface area contributed by atoms with E-state index in [4.69, 9.17) is 9.84 Å². The molecule has 2 rings (SSSR count). The minimum atomic E-state index is -0.681. The Morgan fingerprint density at radius 3 is 2.00 bits per heavy atom. The van der Waals surface area contributed by atoms with Crippen LogP contribution in [0.5, 0.6) is 0 Å². The van der Waals surface area contributed by atoms with E-state index in [-0.39, 0.29) is 16.9 Å². The highest BCUT2D eigenvalue weighted by atomic mass is 16.5. The van der Waals surface area contributed by atoms with Crippen LogP contribution in [0.15, 0.2) is 0 Å². The third kappa shape index (κ3) is 6.80. The van der Waals surface area contributed by atoms with Gasteiger partial charge in [-0.3, -0.25) is 9.59 Å². The number of aliphatic hydroxyl groups is 1. The minimum Gasteiger partial charge on any atom is -0.481 e. The number of carbonyl (C=O) groups excluding carboxylic acids is 1. The van der Waals surface area contributed by atoms with E-state index in [9.17, 15) is 14.7 Å². The largest absolute Gasteiger partial charge is 0.481 e. The second kappa shape index (κ2) is 8.84. The number of rotatable bonds is 15. The van der Waals surface area contributed by atoms with Gasteiger partial charge in [-0.1, -0.05) is 25.7 Å². The summed E-state index contributed by atoms with van der Waals surface area (Å²) in [6.07, 6.45) is 12.3. The van der Waals surface area contributed by atoms with Gasteiger partial charge in [0.2, 0.25) is 0 Å². The lowest BCUT2D eigenvalue weighted by Crippen LogP contribution is -2.11. The van der Waals surface area contributed by atoms with Crippen LogP contribution in [0.1, 0.15) is 83.5 Å². The quantitative estimate of drug-likeness (QED) is 0.351. The van der Waals surface area contributed by atoms with Gasteiger partial charge in [-0.15, -0.1) is 0 Å². The van der Waals surface area contributed by atoms with Crippen molar-refractivity contribution in [3.63, 3.8) is 0 Å². The first-order valence-electron chi connectivity index (χ1n) is 9.44. The fourth-order valence-electron chi connectivity index (χ4n) is 3.77. The molecule has 0 aromatic heterocycles. The van der Waals surface area contributed by atoms with Crippen LogP contribution >= 0.6 is 0 Å². The molecule has 138 valence electrons. The maximum absolute atomic E-state index is 10.8. The van der Waals surface area contributed by atoms with Crippen molar-refractivity contribution in [1.82, 2.24) is 0 Å². The molecule has 0 aromatic rings. The Kier molecular flexibility index (Phi) is 7.08. The Bertz CT molecular complexity index is 412. The number of carbonyl (C=O) groups is 2. The van der Waals surface area contributed by atoms with Gasteiger partial charge in [-0.2, -0.15) is 0 Å². The zero-order valence-corrected chi connectivity index (χ0v) is 14.7. The lowest BCUT2D eigenvalue weighted by atomic mass is 9.93. The van der Waals surface area contributed by atoms with Gasteiger partial charge < -0.3 is 14.9 Å². The molecular weight excluding hydrogens is 308 g/mol. The van der Waals surface area contributed by atoms with Crippen molar-refractivity contribution >= 4 is 12.4 Å². The van der Waals surface area contributed by atoms with Gasteiger partial charge in [0.15, 0.2) is 0 Å². The lowest BCUT2D eigenvalue weighted by Gasteiger charge is -2.15. The second-order valence-corrected chi connectivity index (χ2v) is 8.12. The van der Waals surface area contributed by atoms with Crippen molar-refractivity contribution in [2.24, 2.45) is 10.8 Å². The topological polar surface area (TPSA) is 83.8 Å². The molecule has 0 heterocycles. The molecule has 2 saturated carbocycles. The van der Waals surface area contributed by atoms with Crippen LogP contribution in [0.4, 0.5) is 0 Å². The van der Waals surface area contributed by atoms with Crippen molar-refractivity contribution in [2.75, 3.05) is 6.61 Å². The number of unbranched alkanes of at least 4 members (excludes halogenated alkanes) is 2. The van der Waals surface area contributed by atoms with Crippen LogP contribution in [0.2, 0.25) is 0 Å². The number of carboxylic acids is 1. The maximum atomic E-state index is 10.8. The first kappa shape index (κ1) is 19.2. The SMILES string of the molecule is O=COCC1(CCCCC(O)CCCCC2(CC(=O)O)CC2)CC1. The van der Waals surface area contributed by atoms with Crippen LogP contribution in [0, 0.1) is 10.8 Å². The first-order valence-corrected chi connectivity index (χ1v) is 9.44. The van der Waals surface area contributed by atoms with Crippen LogP contribution < -0.4 is 0 Å². The summed E-state index contributed by atoms with van der Waals surface area (Å²) >= 11 is 0. The number of hydrogen-bond acceptors (Lipinski definition) is 4. The van der Waals surface area contributed by atoms with Gasteiger partial charge in [0.05, 0.1) is 19.1 Å². The van der Waals surface area contributed by atoms with E-state index in [2.05, 4.69) is 0 Å². The van der Waals surface area contributed by atoms with E-state index < -0.39 is 5.97 Å². The van der Waals surface area contributed by atoms with Crippen LogP contribution in [-0.4, -0.2) is 35.4 Å². The summed E-state index contributed by atoms with van der Waals surface area (Å²) < 4.78 is 4.89. The van der Waals surface area contributed by atoms with Gasteiger partial charge in [-0.05, 0) is 56.8 Å². The Morgan fingerprint density at radius 2 is 1.54 bits per heavy atom. The minimum absolute atomic E-state index is 0.0823. The van der Waals surface area contributed by atoms with E-state index >= 15 is 0 Å². The molecule has 5 nitrogen and oxygen atoms in total. The highest BCUT2D eigenvalue weighted by Crippen LogP contribution is 2.53. The molecule has 0 amide bonds. The first-order chi connectivity index (χ1) is 11.5. The zero-order chi connectivity index (χ0) is 17.5. The Labute approximate surface area is 144 Å². The third-order valence-corrected chi connectivity index (χ3v) is 5.89. The summed E-state index contributed by atoms with van der Waals surface area (Å²) in [6, 6.07) is 0. The Balaban J connectivity index is 1.45. The fourth-order valence-corrected chi connectivity index (χ4v) is 3.77. The lowest BCUT2D eigenvalue weighted by molar-refractivity contribution is -0.138. The molecule has 0 radical (unpaired) electrons. The molecule has 0 bridgehead atoms. The number of hydrogen-bond donors (Lipinski definition) is 2. The van der Waals surface area contributed by atoms with Crippen molar-refractivity contribution < 1.29 is 24.5 Å². The predicted molar refractivity (Wildman–Crippen MR) is 90.5 cm³/mol. The monoisotopic (exact) mass is 340 g/mol. The summed E-state index contributed by atoms with van der Waals surface area (Å²) in [7, 11) is 0. The molecule has 0 spiro atoms. The van der Waals surface area contributed by atoms with Crippen molar-refractivity contribution in [2.45, 2.75) is 89.6 Å². The summed E-state index contributed by atoms with van der Waals surface area (Å²) in [4.78, 5) is 21.1. The van der Waals surface area contributed by atoms with Crippen molar-refractivity contribution in [1.29, 1.82) is 0 Å². The fraction of sp³-hybridized carbons (Fsp3) is 0.895. The van der Waals surface area contributed by atoms with Gasteiger partial charge in [-0.25, -0.2) is 0 Å². The maximum Gasteiger partial charge on any atom is 0.303 e. The van der Waals surface area contributed by atoms with E-state index in [0.29, 0.717) is 19.5 Å². The highest BCUT2D eigenvalue weighted by Gasteiger charge is 2.43.